The van der Waals surface area contributed by atoms with E-state index < -0.39 is 12.3 Å². The van der Waals surface area contributed by atoms with Crippen molar-refractivity contribution in [1.29, 1.82) is 0 Å². The van der Waals surface area contributed by atoms with Crippen LogP contribution in [0.1, 0.15) is 37.7 Å². The number of rotatable bonds is 4. The van der Waals surface area contributed by atoms with Gasteiger partial charge in [-0.3, -0.25) is 4.79 Å². The van der Waals surface area contributed by atoms with E-state index in [0.29, 0.717) is 26.1 Å². The van der Waals surface area contributed by atoms with E-state index in [4.69, 9.17) is 9.47 Å². The fourth-order valence-corrected chi connectivity index (χ4v) is 5.41. The molecule has 0 radical (unpaired) electrons. The topological polar surface area (TPSA) is 66.9 Å². The van der Waals surface area contributed by atoms with E-state index in [9.17, 15) is 9.18 Å². The van der Waals surface area contributed by atoms with Crippen molar-refractivity contribution < 1.29 is 18.7 Å². The van der Waals surface area contributed by atoms with Crippen LogP contribution in [-0.2, 0) is 20.8 Å². The van der Waals surface area contributed by atoms with E-state index in [1.54, 1.807) is 20.4 Å². The Kier molecular flexibility index (Phi) is 6.70. The number of nitrogens with zero attached hydrogens (tertiary/aromatic N) is 3. The molecule has 3 aliphatic rings. The quantitative estimate of drug-likeness (QED) is 0.716. The number of amides is 1. The summed E-state index contributed by atoms with van der Waals surface area (Å²) < 4.78 is 25.1. The third kappa shape index (κ3) is 4.49. The molecule has 0 spiro atoms. The first-order valence-electron chi connectivity index (χ1n) is 12.2. The van der Waals surface area contributed by atoms with Gasteiger partial charge in [0.15, 0.2) is 0 Å². The molecular weight excluding hydrogens is 435 g/mol. The molecule has 8 heteroatoms. The minimum atomic E-state index is -0.954. The van der Waals surface area contributed by atoms with Gasteiger partial charge in [0.2, 0.25) is 5.91 Å². The van der Waals surface area contributed by atoms with Crippen molar-refractivity contribution in [3.63, 3.8) is 0 Å². The largest absolute Gasteiger partial charge is 0.381 e. The Morgan fingerprint density at radius 2 is 1.94 bits per heavy atom. The molecule has 1 aromatic heterocycles. The van der Waals surface area contributed by atoms with Crippen LogP contribution < -0.4 is 15.1 Å². The molecule has 2 fully saturated rings. The number of pyridine rings is 1. The van der Waals surface area contributed by atoms with Crippen LogP contribution in [0.5, 0.6) is 0 Å². The van der Waals surface area contributed by atoms with Crippen molar-refractivity contribution in [2.75, 3.05) is 42.4 Å². The average molecular weight is 469 g/mol. The highest BCUT2D eigenvalue weighted by molar-refractivity contribution is 6.00. The first kappa shape index (κ1) is 23.1. The van der Waals surface area contributed by atoms with Gasteiger partial charge in [0, 0.05) is 50.7 Å². The summed E-state index contributed by atoms with van der Waals surface area (Å²) in [6.45, 7) is 1.56. The number of piperidine rings is 1. The van der Waals surface area contributed by atoms with Crippen molar-refractivity contribution in [3.05, 3.63) is 42.1 Å². The Hall–Kier alpha value is -2.71. The van der Waals surface area contributed by atoms with Crippen LogP contribution >= 0.6 is 0 Å². The van der Waals surface area contributed by atoms with Gasteiger partial charge < -0.3 is 24.6 Å². The zero-order valence-electron chi connectivity index (χ0n) is 19.9. The maximum Gasteiger partial charge on any atom is 0.230 e. The molecule has 2 aromatic rings. The molecule has 2 aliphatic heterocycles. The lowest BCUT2D eigenvalue weighted by atomic mass is 9.86. The molecule has 1 amide bonds. The first-order chi connectivity index (χ1) is 16.6. The van der Waals surface area contributed by atoms with E-state index in [1.165, 1.54) is 0 Å². The fraction of sp³-hybridized carbons (Fsp3) is 0.538. The third-order valence-corrected chi connectivity index (χ3v) is 7.51. The fourth-order valence-electron chi connectivity index (χ4n) is 5.41. The second-order valence-corrected chi connectivity index (χ2v) is 9.50. The van der Waals surface area contributed by atoms with Crippen LogP contribution in [0.4, 0.5) is 27.3 Å². The van der Waals surface area contributed by atoms with Crippen molar-refractivity contribution in [1.82, 2.24) is 4.98 Å². The summed E-state index contributed by atoms with van der Waals surface area (Å²) >= 11 is 0. The van der Waals surface area contributed by atoms with Gasteiger partial charge in [0.1, 0.15) is 18.1 Å². The van der Waals surface area contributed by atoms with E-state index in [2.05, 4.69) is 21.3 Å². The minimum Gasteiger partial charge on any atom is -0.381 e. The van der Waals surface area contributed by atoms with E-state index in [-0.39, 0.29) is 17.9 Å². The molecule has 2 atom stereocenters. The summed E-state index contributed by atoms with van der Waals surface area (Å²) in [5.41, 5.74) is 3.64. The summed E-state index contributed by atoms with van der Waals surface area (Å²) in [6, 6.07) is 10.00. The molecule has 1 saturated heterocycles. The Bertz CT molecular complexity index is 1030. The van der Waals surface area contributed by atoms with Crippen molar-refractivity contribution >= 4 is 28.8 Å². The number of halogens is 1. The number of hydrogen-bond acceptors (Lipinski definition) is 6. The van der Waals surface area contributed by atoms with Crippen LogP contribution in [0, 0.1) is 5.92 Å². The molecule has 1 N–H and O–H groups in total. The van der Waals surface area contributed by atoms with E-state index >= 15 is 0 Å². The van der Waals surface area contributed by atoms with Gasteiger partial charge in [-0.15, -0.1) is 0 Å². The maximum absolute atomic E-state index is 14.2. The van der Waals surface area contributed by atoms with Crippen LogP contribution in [-0.4, -0.2) is 56.6 Å². The van der Waals surface area contributed by atoms with Gasteiger partial charge in [0.05, 0.1) is 24.0 Å². The predicted octanol–water partition coefficient (Wildman–Crippen LogP) is 4.44. The lowest BCUT2D eigenvalue weighted by molar-refractivity contribution is -0.124. The van der Waals surface area contributed by atoms with Crippen molar-refractivity contribution in [2.24, 2.45) is 5.92 Å². The van der Waals surface area contributed by atoms with Gasteiger partial charge in [0.25, 0.3) is 0 Å². The molecule has 1 aromatic carbocycles. The number of fused-ring (bicyclic) bond motifs is 2. The van der Waals surface area contributed by atoms with Gasteiger partial charge in [-0.25, -0.2) is 9.37 Å². The number of nitrogens with one attached hydrogen (secondary N) is 1. The molecule has 1 aliphatic carbocycles. The molecule has 0 unspecified atom stereocenters. The summed E-state index contributed by atoms with van der Waals surface area (Å²) in [5.74, 6) is 0.887. The number of carbonyl (C=O) groups is 1. The Balaban J connectivity index is 1.47. The second kappa shape index (κ2) is 9.88. The molecule has 3 heterocycles. The Labute approximate surface area is 200 Å². The standard InChI is InChI=1S/C26H33FN4O3/c1-33-20-8-5-17(6-9-20)26(32)31-15-18-4-3-12-28-25(18)29-22-10-7-19(14-23(22)31)30-13-11-21(27)24(16-30)34-2/h3-4,7,10,12,14,17,20-21,24H,5-6,8-9,11,13,15-16H2,1-2H3,(H,28,29)/t17-,20-,21-,24-/m0/s1. The highest BCUT2D eigenvalue weighted by Crippen LogP contribution is 2.40. The second-order valence-electron chi connectivity index (χ2n) is 9.50. The number of ether oxygens (including phenoxy) is 2. The summed E-state index contributed by atoms with van der Waals surface area (Å²) in [5, 5.41) is 3.44. The smallest absolute Gasteiger partial charge is 0.230 e. The van der Waals surface area contributed by atoms with Crippen LogP contribution in [0.2, 0.25) is 0 Å². The Morgan fingerprint density at radius 1 is 1.12 bits per heavy atom. The van der Waals surface area contributed by atoms with Crippen molar-refractivity contribution in [2.45, 2.75) is 57.0 Å². The van der Waals surface area contributed by atoms with Gasteiger partial charge in [-0.2, -0.15) is 0 Å². The lowest BCUT2D eigenvalue weighted by Gasteiger charge is -2.36. The number of alkyl halides is 1. The highest BCUT2D eigenvalue weighted by atomic mass is 19.1. The number of aromatic nitrogens is 1. The molecule has 5 rings (SSSR count). The SMILES string of the molecule is CO[C@H]1CN(c2ccc3c(c2)N(C(=O)[C@H]2CC[C@H](OC)CC2)Cc2cccnc2N3)CC[C@@H]1F. The van der Waals surface area contributed by atoms with Crippen LogP contribution in [0.25, 0.3) is 0 Å². The normalized spacial score (nSPS) is 26.8. The molecular formula is C26H33FN4O3. The first-order valence-corrected chi connectivity index (χ1v) is 12.2. The molecule has 1 saturated carbocycles. The minimum absolute atomic E-state index is 0.0266. The van der Waals surface area contributed by atoms with Gasteiger partial charge in [-0.05, 0) is 56.4 Å². The van der Waals surface area contributed by atoms with Gasteiger partial charge >= 0.3 is 0 Å². The lowest BCUT2D eigenvalue weighted by Crippen LogP contribution is -2.46. The summed E-state index contributed by atoms with van der Waals surface area (Å²) in [7, 11) is 3.31. The zero-order valence-corrected chi connectivity index (χ0v) is 19.9. The number of carbonyl (C=O) groups excluding carboxylic acids is 1. The molecule has 0 bridgehead atoms. The van der Waals surface area contributed by atoms with Gasteiger partial charge in [-0.1, -0.05) is 6.07 Å². The summed E-state index contributed by atoms with van der Waals surface area (Å²) in [4.78, 5) is 22.4. The number of hydrogen-bond donors (Lipinski definition) is 1. The number of methoxy groups -OCH3 is 2. The predicted molar refractivity (Wildman–Crippen MR) is 130 cm³/mol. The van der Waals surface area contributed by atoms with Crippen LogP contribution in [0.3, 0.4) is 0 Å². The monoisotopic (exact) mass is 468 g/mol. The van der Waals surface area contributed by atoms with Crippen molar-refractivity contribution in [3.8, 4) is 0 Å². The highest BCUT2D eigenvalue weighted by Gasteiger charge is 2.34. The average Bonchev–Trinajstić information content (AvgIpc) is 3.05. The van der Waals surface area contributed by atoms with E-state index in [1.807, 2.05) is 29.2 Å². The maximum atomic E-state index is 14.2. The number of anilines is 4. The third-order valence-electron chi connectivity index (χ3n) is 7.51. The van der Waals surface area contributed by atoms with E-state index in [0.717, 1.165) is 54.1 Å². The zero-order chi connectivity index (χ0) is 23.7. The summed E-state index contributed by atoms with van der Waals surface area (Å²) in [6.07, 6.45) is 4.49. The molecule has 7 nitrogen and oxygen atoms in total. The van der Waals surface area contributed by atoms with Crippen LogP contribution in [0.15, 0.2) is 36.5 Å². The molecule has 34 heavy (non-hydrogen) atoms. The number of benzene rings is 1. The molecule has 182 valence electrons. The Morgan fingerprint density at radius 3 is 2.71 bits per heavy atom.